The summed E-state index contributed by atoms with van der Waals surface area (Å²) in [5.74, 6) is -0.0713. The molecular weight excluding hydrogens is 412 g/mol. The van der Waals surface area contributed by atoms with Crippen molar-refractivity contribution in [1.82, 2.24) is 40.5 Å². The first-order valence-electron chi connectivity index (χ1n) is 10.2. The van der Waals surface area contributed by atoms with Crippen LogP contribution in [0.25, 0.3) is 5.82 Å². The van der Waals surface area contributed by atoms with E-state index in [4.69, 9.17) is 10.4 Å². The number of amides is 1. The maximum absolute atomic E-state index is 12.9. The van der Waals surface area contributed by atoms with Gasteiger partial charge in [0.2, 0.25) is 11.6 Å². The van der Waals surface area contributed by atoms with Gasteiger partial charge in [0.05, 0.1) is 5.69 Å². The van der Waals surface area contributed by atoms with E-state index in [1.165, 1.54) is 10.3 Å². The van der Waals surface area contributed by atoms with Gasteiger partial charge in [-0.3, -0.25) is 19.7 Å². The van der Waals surface area contributed by atoms with Gasteiger partial charge in [-0.2, -0.15) is 4.68 Å². The molecule has 0 unspecified atom stereocenters. The number of anilines is 1. The summed E-state index contributed by atoms with van der Waals surface area (Å²) in [4.78, 5) is 23.3. The third-order valence-electron chi connectivity index (χ3n) is 4.98. The first-order valence-corrected chi connectivity index (χ1v) is 10.2. The molecule has 3 aromatic rings. The maximum Gasteiger partial charge on any atom is 0.273 e. The summed E-state index contributed by atoms with van der Waals surface area (Å²) in [6.07, 6.45) is 8.98. The van der Waals surface area contributed by atoms with Crippen LogP contribution in [0.5, 0.6) is 0 Å². The number of nitrogens with one attached hydrogen (secondary N) is 1. The maximum atomic E-state index is 12.9. The van der Waals surface area contributed by atoms with Gasteiger partial charge in [-0.05, 0) is 47.9 Å². The second-order valence-electron chi connectivity index (χ2n) is 7.44. The van der Waals surface area contributed by atoms with Gasteiger partial charge >= 0.3 is 0 Å². The van der Waals surface area contributed by atoms with Crippen molar-refractivity contribution < 1.29 is 9.42 Å². The monoisotopic (exact) mass is 436 g/mol. The second-order valence-corrected chi connectivity index (χ2v) is 7.44. The molecule has 1 aliphatic rings. The van der Waals surface area contributed by atoms with Gasteiger partial charge in [0.1, 0.15) is 0 Å². The molecule has 166 valence electrons. The van der Waals surface area contributed by atoms with Crippen LogP contribution in [0, 0.1) is 0 Å². The van der Waals surface area contributed by atoms with E-state index in [1.807, 2.05) is 30.2 Å². The summed E-state index contributed by atoms with van der Waals surface area (Å²) in [6, 6.07) is 3.86. The third-order valence-corrected chi connectivity index (χ3v) is 4.98. The molecule has 12 heteroatoms. The van der Waals surface area contributed by atoms with Crippen LogP contribution in [0.15, 0.2) is 45.8 Å². The molecule has 0 bridgehead atoms. The van der Waals surface area contributed by atoms with E-state index < -0.39 is 0 Å². The molecule has 0 saturated heterocycles. The lowest BCUT2D eigenvalue weighted by atomic mass is 10.1. The number of nitrogens with two attached hydrogens (primary N) is 1. The number of hydrogen-bond acceptors (Lipinski definition) is 10. The SMILES string of the molecule is CN(Cc1cccnc1)Cc1c(C(=O)NCCC2=CC=NCC2)nnn1-c1nonc1N. The third kappa shape index (κ3) is 5.03. The molecule has 12 nitrogen and oxygen atoms in total. The molecule has 0 atom stereocenters. The van der Waals surface area contributed by atoms with Gasteiger partial charge in [0.15, 0.2) is 5.69 Å². The van der Waals surface area contributed by atoms with E-state index in [1.54, 1.807) is 18.6 Å². The Bertz CT molecular complexity index is 1120. The molecule has 0 saturated carbocycles. The van der Waals surface area contributed by atoms with Gasteiger partial charge < -0.3 is 11.1 Å². The summed E-state index contributed by atoms with van der Waals surface area (Å²) in [7, 11) is 1.92. The van der Waals surface area contributed by atoms with Crippen molar-refractivity contribution in [1.29, 1.82) is 0 Å². The zero-order chi connectivity index (χ0) is 22.3. The molecule has 0 aromatic carbocycles. The summed E-state index contributed by atoms with van der Waals surface area (Å²) in [5.41, 5.74) is 8.86. The average molecular weight is 436 g/mol. The number of dihydropyridines is 1. The number of hydrogen-bond donors (Lipinski definition) is 2. The van der Waals surface area contributed by atoms with Crippen molar-refractivity contribution in [3.05, 3.63) is 53.1 Å². The fourth-order valence-electron chi connectivity index (χ4n) is 3.40. The number of carbonyl (C=O) groups excluding carboxylic acids is 1. The van der Waals surface area contributed by atoms with E-state index in [9.17, 15) is 4.79 Å². The highest BCUT2D eigenvalue weighted by atomic mass is 16.6. The predicted molar refractivity (Wildman–Crippen MR) is 116 cm³/mol. The Morgan fingerprint density at radius 2 is 2.25 bits per heavy atom. The molecule has 32 heavy (non-hydrogen) atoms. The van der Waals surface area contributed by atoms with Gasteiger partial charge in [0, 0.05) is 44.8 Å². The Morgan fingerprint density at radius 3 is 2.97 bits per heavy atom. The van der Waals surface area contributed by atoms with E-state index in [2.05, 4.69) is 35.9 Å². The van der Waals surface area contributed by atoms with Crippen molar-refractivity contribution in [2.24, 2.45) is 4.99 Å². The number of nitrogens with zero attached hydrogens (tertiary/aromatic N) is 8. The normalized spacial score (nSPS) is 13.4. The number of rotatable bonds is 9. The zero-order valence-corrected chi connectivity index (χ0v) is 17.7. The molecule has 0 radical (unpaired) electrons. The largest absolute Gasteiger partial charge is 0.378 e. The van der Waals surface area contributed by atoms with Crippen LogP contribution >= 0.6 is 0 Å². The molecular formula is C20H24N10O2. The summed E-state index contributed by atoms with van der Waals surface area (Å²) >= 11 is 0. The molecule has 0 fully saturated rings. The van der Waals surface area contributed by atoms with Crippen molar-refractivity contribution in [2.75, 3.05) is 25.9 Å². The summed E-state index contributed by atoms with van der Waals surface area (Å²) in [5, 5.41) is 18.5. The van der Waals surface area contributed by atoms with E-state index in [-0.39, 0.29) is 23.2 Å². The number of aliphatic imine (C=N–C) groups is 1. The molecule has 1 amide bonds. The lowest BCUT2D eigenvalue weighted by molar-refractivity contribution is 0.0947. The number of nitrogen functional groups attached to an aromatic ring is 1. The zero-order valence-electron chi connectivity index (χ0n) is 17.7. The van der Waals surface area contributed by atoms with Crippen LogP contribution in [0.1, 0.15) is 34.6 Å². The van der Waals surface area contributed by atoms with E-state index >= 15 is 0 Å². The van der Waals surface area contributed by atoms with Crippen LogP contribution in [-0.2, 0) is 13.1 Å². The molecule has 1 aliphatic heterocycles. The van der Waals surface area contributed by atoms with Crippen molar-refractivity contribution >= 4 is 17.9 Å². The smallest absolute Gasteiger partial charge is 0.273 e. The van der Waals surface area contributed by atoms with Gasteiger partial charge in [-0.1, -0.05) is 16.9 Å². The van der Waals surface area contributed by atoms with Crippen LogP contribution in [0.2, 0.25) is 0 Å². The Morgan fingerprint density at radius 1 is 1.34 bits per heavy atom. The fraction of sp³-hybridized carbons (Fsp3) is 0.350. The van der Waals surface area contributed by atoms with Crippen molar-refractivity contribution in [3.63, 3.8) is 0 Å². The quantitative estimate of drug-likeness (QED) is 0.495. The molecule has 4 heterocycles. The molecule has 0 aliphatic carbocycles. The Balaban J connectivity index is 1.51. The number of allylic oxidation sites excluding steroid dienone is 1. The second kappa shape index (κ2) is 9.92. The summed E-state index contributed by atoms with van der Waals surface area (Å²) in [6.45, 7) is 2.25. The minimum absolute atomic E-state index is 0.0592. The average Bonchev–Trinajstić information content (AvgIpc) is 3.40. The van der Waals surface area contributed by atoms with Crippen LogP contribution in [0.3, 0.4) is 0 Å². The minimum atomic E-state index is -0.318. The Kier molecular flexibility index (Phi) is 6.60. The fourth-order valence-corrected chi connectivity index (χ4v) is 3.40. The molecule has 3 N–H and O–H groups in total. The van der Waals surface area contributed by atoms with Crippen LogP contribution < -0.4 is 11.1 Å². The number of carbonyl (C=O) groups is 1. The molecule has 3 aromatic heterocycles. The van der Waals surface area contributed by atoms with Crippen LogP contribution in [0.4, 0.5) is 5.82 Å². The van der Waals surface area contributed by atoms with Gasteiger partial charge in [-0.25, -0.2) is 4.63 Å². The van der Waals surface area contributed by atoms with Gasteiger partial charge in [0.25, 0.3) is 5.91 Å². The highest BCUT2D eigenvalue weighted by Crippen LogP contribution is 2.18. The van der Waals surface area contributed by atoms with E-state index in [0.717, 1.165) is 24.9 Å². The first-order chi connectivity index (χ1) is 15.6. The van der Waals surface area contributed by atoms with Crippen LogP contribution in [-0.4, -0.2) is 67.5 Å². The number of pyridine rings is 1. The highest BCUT2D eigenvalue weighted by Gasteiger charge is 2.24. The number of aromatic nitrogens is 6. The predicted octanol–water partition coefficient (Wildman–Crippen LogP) is 0.780. The highest BCUT2D eigenvalue weighted by molar-refractivity contribution is 5.93. The minimum Gasteiger partial charge on any atom is -0.378 e. The molecule has 4 rings (SSSR count). The Labute approximate surface area is 184 Å². The van der Waals surface area contributed by atoms with Crippen molar-refractivity contribution in [2.45, 2.75) is 25.9 Å². The van der Waals surface area contributed by atoms with Gasteiger partial charge in [-0.15, -0.1) is 5.10 Å². The lowest BCUT2D eigenvalue weighted by Gasteiger charge is -2.17. The Hall–Kier alpha value is -3.93. The topological polar surface area (TPSA) is 153 Å². The standard InChI is InChI=1S/C20H24N10O2/c1-29(12-15-3-2-7-23-11-15)13-16-17(25-28-30(16)19-18(21)26-32-27-19)20(31)24-10-6-14-4-8-22-9-5-14/h2-4,7-8,11H,5-6,9-10,12-13H2,1H3,(H2,21,26)(H,24,31). The lowest BCUT2D eigenvalue weighted by Crippen LogP contribution is -2.28. The van der Waals surface area contributed by atoms with Crippen molar-refractivity contribution in [3.8, 4) is 5.82 Å². The summed E-state index contributed by atoms with van der Waals surface area (Å²) < 4.78 is 6.09. The van der Waals surface area contributed by atoms with E-state index in [0.29, 0.717) is 25.3 Å². The first kappa shape index (κ1) is 21.3. The molecule has 0 spiro atoms.